The number of carbonyl (C=O) groups is 2. The van der Waals surface area contributed by atoms with Crippen molar-refractivity contribution in [1.29, 1.82) is 0 Å². The van der Waals surface area contributed by atoms with Crippen LogP contribution in [0.5, 0.6) is 0 Å². The van der Waals surface area contributed by atoms with Crippen molar-refractivity contribution in [2.24, 2.45) is 0 Å². The molecule has 2 aliphatic rings. The molecular weight excluding hydrogens is 588 g/mol. The summed E-state index contributed by atoms with van der Waals surface area (Å²) in [7, 11) is 0. The second-order valence-electron chi connectivity index (χ2n) is 12.3. The summed E-state index contributed by atoms with van der Waals surface area (Å²) in [5.41, 5.74) is 1.41. The molecule has 2 aliphatic heterocycles. The Balaban J connectivity index is 1.06. The van der Waals surface area contributed by atoms with Crippen LogP contribution in [0.3, 0.4) is 0 Å². The van der Waals surface area contributed by atoms with E-state index in [4.69, 9.17) is 9.47 Å². The summed E-state index contributed by atoms with van der Waals surface area (Å²) in [6.07, 6.45) is 4.63. The van der Waals surface area contributed by atoms with Gasteiger partial charge < -0.3 is 19.3 Å². The molecule has 0 aliphatic carbocycles. The zero-order chi connectivity index (χ0) is 32.5. The number of nitrogens with zero attached hydrogens (tertiary/aromatic N) is 2. The first-order chi connectivity index (χ1) is 21.4. The summed E-state index contributed by atoms with van der Waals surface area (Å²) < 4.78 is 67.1. The van der Waals surface area contributed by atoms with Crippen LogP contribution in [0.2, 0.25) is 0 Å². The minimum absolute atomic E-state index is 0.00694. The third-order valence-electron chi connectivity index (χ3n) is 8.82. The Morgan fingerprint density at radius 3 is 1.58 bits per heavy atom. The van der Waals surface area contributed by atoms with Gasteiger partial charge in [-0.1, -0.05) is 43.3 Å². The lowest BCUT2D eigenvalue weighted by atomic mass is 10.0. The van der Waals surface area contributed by atoms with Crippen molar-refractivity contribution in [3.05, 3.63) is 70.8 Å². The SMILES string of the molecule is CCC(F)(F)c1cccc(COC2CCN(C(=O)CCCCC(=O)N3CCC(OCc4cccc(C(C)(F)F)c4)CC3)CC2)c1. The molecule has 0 atom stereocenters. The van der Waals surface area contributed by atoms with Gasteiger partial charge in [-0.15, -0.1) is 0 Å². The van der Waals surface area contributed by atoms with Gasteiger partial charge in [0.2, 0.25) is 11.8 Å². The van der Waals surface area contributed by atoms with E-state index in [-0.39, 0.29) is 54.8 Å². The highest BCUT2D eigenvalue weighted by atomic mass is 19.3. The Labute approximate surface area is 264 Å². The Kier molecular flexibility index (Phi) is 12.4. The first-order valence-corrected chi connectivity index (χ1v) is 16.2. The summed E-state index contributed by atoms with van der Waals surface area (Å²) in [5, 5.41) is 0. The molecule has 4 rings (SSSR count). The standard InChI is InChI=1S/C35H46F4N2O4/c1-3-35(38,39)29-11-7-9-27(23-29)25-45-31-16-20-41(21-17-31)33(43)13-5-4-12-32(42)40-18-14-30(15-19-40)44-24-26-8-6-10-28(22-26)34(2,36)37/h6-11,22-23,30-31H,3-5,12-21,24-25H2,1-2H3. The van der Waals surface area contributed by atoms with E-state index in [0.717, 1.165) is 12.5 Å². The number of ether oxygens (including phenoxy) is 2. The molecule has 248 valence electrons. The van der Waals surface area contributed by atoms with Gasteiger partial charge in [0.1, 0.15) is 0 Å². The number of carbonyl (C=O) groups excluding carboxylic acids is 2. The van der Waals surface area contributed by atoms with Crippen LogP contribution in [0.1, 0.15) is 93.9 Å². The topological polar surface area (TPSA) is 59.1 Å². The van der Waals surface area contributed by atoms with Crippen molar-refractivity contribution in [3.63, 3.8) is 0 Å². The molecule has 0 N–H and O–H groups in total. The van der Waals surface area contributed by atoms with E-state index >= 15 is 0 Å². The number of unbranched alkanes of at least 4 members (excludes halogenated alkanes) is 1. The number of likely N-dealkylation sites (tertiary alicyclic amines) is 2. The number of hydrogen-bond acceptors (Lipinski definition) is 4. The molecule has 0 aromatic heterocycles. The molecule has 2 amide bonds. The van der Waals surface area contributed by atoms with Gasteiger partial charge in [-0.3, -0.25) is 9.59 Å². The van der Waals surface area contributed by atoms with Crippen molar-refractivity contribution < 1.29 is 36.6 Å². The quantitative estimate of drug-likeness (QED) is 0.159. The fourth-order valence-electron chi connectivity index (χ4n) is 5.87. The Hall–Kier alpha value is -2.98. The molecule has 0 bridgehead atoms. The summed E-state index contributed by atoms with van der Waals surface area (Å²) in [6, 6.07) is 12.7. The summed E-state index contributed by atoms with van der Waals surface area (Å²) in [4.78, 5) is 29.1. The molecule has 2 heterocycles. The van der Waals surface area contributed by atoms with Crippen molar-refractivity contribution in [2.45, 2.75) is 109 Å². The zero-order valence-corrected chi connectivity index (χ0v) is 26.4. The van der Waals surface area contributed by atoms with E-state index in [1.54, 1.807) is 24.3 Å². The maximum Gasteiger partial charge on any atom is 0.273 e. The van der Waals surface area contributed by atoms with Gasteiger partial charge in [0.05, 0.1) is 25.4 Å². The highest BCUT2D eigenvalue weighted by Crippen LogP contribution is 2.32. The maximum atomic E-state index is 14.0. The number of hydrogen-bond donors (Lipinski definition) is 0. The van der Waals surface area contributed by atoms with E-state index in [0.29, 0.717) is 83.1 Å². The molecule has 45 heavy (non-hydrogen) atoms. The fourth-order valence-corrected chi connectivity index (χ4v) is 5.87. The van der Waals surface area contributed by atoms with Gasteiger partial charge in [-0.2, -0.15) is 0 Å². The maximum absolute atomic E-state index is 14.0. The average Bonchev–Trinajstić information content (AvgIpc) is 3.05. The van der Waals surface area contributed by atoms with Gasteiger partial charge in [0, 0.05) is 63.5 Å². The smallest absolute Gasteiger partial charge is 0.273 e. The molecule has 0 spiro atoms. The molecule has 2 aromatic carbocycles. The van der Waals surface area contributed by atoms with Gasteiger partial charge in [-0.25, -0.2) is 17.6 Å². The predicted molar refractivity (Wildman–Crippen MR) is 164 cm³/mol. The summed E-state index contributed by atoms with van der Waals surface area (Å²) >= 11 is 0. The van der Waals surface area contributed by atoms with Gasteiger partial charge in [0.15, 0.2) is 0 Å². The molecule has 2 saturated heterocycles. The summed E-state index contributed by atoms with van der Waals surface area (Å²) in [6.45, 7) is 5.28. The second-order valence-corrected chi connectivity index (χ2v) is 12.3. The third-order valence-corrected chi connectivity index (χ3v) is 8.82. The van der Waals surface area contributed by atoms with Crippen LogP contribution in [0.4, 0.5) is 17.6 Å². The molecule has 2 aromatic rings. The van der Waals surface area contributed by atoms with Gasteiger partial charge in [0.25, 0.3) is 11.8 Å². The lowest BCUT2D eigenvalue weighted by molar-refractivity contribution is -0.136. The van der Waals surface area contributed by atoms with Crippen LogP contribution in [-0.4, -0.2) is 60.0 Å². The zero-order valence-electron chi connectivity index (χ0n) is 26.4. The number of rotatable bonds is 14. The van der Waals surface area contributed by atoms with Crippen molar-refractivity contribution >= 4 is 11.8 Å². The van der Waals surface area contributed by atoms with Crippen molar-refractivity contribution in [1.82, 2.24) is 9.80 Å². The Morgan fingerprint density at radius 1 is 0.733 bits per heavy atom. The number of halogens is 4. The van der Waals surface area contributed by atoms with E-state index in [1.807, 2.05) is 9.80 Å². The Morgan fingerprint density at radius 2 is 1.16 bits per heavy atom. The second kappa shape index (κ2) is 16.0. The number of alkyl halides is 4. The van der Waals surface area contributed by atoms with Gasteiger partial charge in [-0.05, 0) is 61.8 Å². The fraction of sp³-hybridized carbons (Fsp3) is 0.600. The lowest BCUT2D eigenvalue weighted by Gasteiger charge is -2.32. The van der Waals surface area contributed by atoms with E-state index in [9.17, 15) is 27.2 Å². The molecule has 2 fully saturated rings. The monoisotopic (exact) mass is 634 g/mol. The van der Waals surface area contributed by atoms with Crippen LogP contribution in [0, 0.1) is 0 Å². The van der Waals surface area contributed by atoms with E-state index < -0.39 is 11.8 Å². The third kappa shape index (κ3) is 10.5. The van der Waals surface area contributed by atoms with Crippen LogP contribution in [-0.2, 0) is 44.1 Å². The largest absolute Gasteiger partial charge is 0.373 e. The van der Waals surface area contributed by atoms with Gasteiger partial charge >= 0.3 is 0 Å². The highest BCUT2D eigenvalue weighted by molar-refractivity contribution is 5.77. The highest BCUT2D eigenvalue weighted by Gasteiger charge is 2.29. The predicted octanol–water partition coefficient (Wildman–Crippen LogP) is 7.58. The van der Waals surface area contributed by atoms with Crippen molar-refractivity contribution in [2.75, 3.05) is 26.2 Å². The normalized spacial score (nSPS) is 17.1. The first-order valence-electron chi connectivity index (χ1n) is 16.2. The Bertz CT molecular complexity index is 1250. The molecule has 6 nitrogen and oxygen atoms in total. The van der Waals surface area contributed by atoms with Crippen molar-refractivity contribution in [3.8, 4) is 0 Å². The van der Waals surface area contributed by atoms with Crippen LogP contribution in [0.25, 0.3) is 0 Å². The van der Waals surface area contributed by atoms with Crippen LogP contribution >= 0.6 is 0 Å². The van der Waals surface area contributed by atoms with E-state index in [1.165, 1.54) is 31.2 Å². The lowest BCUT2D eigenvalue weighted by Crippen LogP contribution is -2.41. The average molecular weight is 635 g/mol. The minimum Gasteiger partial charge on any atom is -0.373 e. The first kappa shape index (κ1) is 34.9. The van der Waals surface area contributed by atoms with E-state index in [2.05, 4.69) is 0 Å². The number of amides is 2. The molecule has 0 radical (unpaired) electrons. The molecule has 0 saturated carbocycles. The summed E-state index contributed by atoms with van der Waals surface area (Å²) in [5.74, 6) is -5.57. The number of piperidine rings is 2. The molecular formula is C35H46F4N2O4. The minimum atomic E-state index is -2.89. The number of benzene rings is 2. The molecule has 10 heteroatoms. The van der Waals surface area contributed by atoms with Crippen LogP contribution < -0.4 is 0 Å². The molecule has 0 unspecified atom stereocenters. The van der Waals surface area contributed by atoms with Crippen LogP contribution in [0.15, 0.2) is 48.5 Å².